The number of hydrogen-bond acceptors (Lipinski definition) is 6. The Kier molecular flexibility index (Phi) is 6.42. The zero-order chi connectivity index (χ0) is 22.1. The number of carbonyl (C=O) groups excluding carboxylic acids is 2. The molecule has 2 saturated heterocycles. The summed E-state index contributed by atoms with van der Waals surface area (Å²) in [5.74, 6) is -0.940. The molecule has 2 aliphatic heterocycles. The number of nitrogens with zero attached hydrogens (tertiary/aromatic N) is 2. The topological polar surface area (TPSA) is 105 Å². The second kappa shape index (κ2) is 8.54. The molecule has 2 atom stereocenters. The van der Waals surface area contributed by atoms with E-state index in [9.17, 15) is 22.4 Å². The maximum absolute atomic E-state index is 13.2. The highest BCUT2D eigenvalue weighted by Crippen LogP contribution is 2.39. The summed E-state index contributed by atoms with van der Waals surface area (Å²) >= 11 is 1.24. The van der Waals surface area contributed by atoms with Crippen LogP contribution in [0.3, 0.4) is 0 Å². The predicted molar refractivity (Wildman–Crippen MR) is 112 cm³/mol. The number of ether oxygens (including phenoxy) is 1. The van der Waals surface area contributed by atoms with E-state index in [4.69, 9.17) is 4.74 Å². The van der Waals surface area contributed by atoms with Gasteiger partial charge < -0.3 is 15.0 Å². The van der Waals surface area contributed by atoms with Gasteiger partial charge in [0.2, 0.25) is 0 Å². The Morgan fingerprint density at radius 1 is 1.27 bits per heavy atom. The Bertz CT molecular complexity index is 957. The summed E-state index contributed by atoms with van der Waals surface area (Å²) in [6, 6.07) is 5.57. The maximum atomic E-state index is 13.2. The Morgan fingerprint density at radius 2 is 1.93 bits per heavy atom. The van der Waals surface area contributed by atoms with E-state index < -0.39 is 27.4 Å². The molecule has 2 aliphatic rings. The standard InChI is InChI=1S/C19H24FN3O5S2/c1-19(2,3)28-18(25)21-8-16(24)22-17-23(9-12-4-6-13(20)7-5-12)14-10-30(26,27)11-15(14)29-17/h4-7,14-15H,8-11H2,1-3H3,(H,21,25)/t14-,15+/m1/s1. The first-order chi connectivity index (χ1) is 13.9. The summed E-state index contributed by atoms with van der Waals surface area (Å²) in [5, 5.41) is 2.55. The van der Waals surface area contributed by atoms with E-state index in [0.717, 1.165) is 5.56 Å². The minimum absolute atomic E-state index is 0.0186. The molecule has 2 fully saturated rings. The van der Waals surface area contributed by atoms with Crippen molar-refractivity contribution in [3.63, 3.8) is 0 Å². The molecule has 1 aromatic carbocycles. The quantitative estimate of drug-likeness (QED) is 0.737. The van der Waals surface area contributed by atoms with Crippen molar-refractivity contribution in [1.29, 1.82) is 0 Å². The third kappa shape index (κ3) is 5.94. The number of halogens is 1. The second-order valence-corrected chi connectivity index (χ2v) is 11.6. The molecule has 8 nitrogen and oxygen atoms in total. The van der Waals surface area contributed by atoms with Crippen molar-refractivity contribution in [3.8, 4) is 0 Å². The summed E-state index contributed by atoms with van der Waals surface area (Å²) in [4.78, 5) is 29.9. The lowest BCUT2D eigenvalue weighted by atomic mass is 10.1. The fourth-order valence-corrected chi connectivity index (χ4v) is 7.18. The average molecular weight is 458 g/mol. The number of amidine groups is 1. The van der Waals surface area contributed by atoms with Crippen molar-refractivity contribution in [2.75, 3.05) is 18.1 Å². The van der Waals surface area contributed by atoms with Crippen LogP contribution in [0.1, 0.15) is 26.3 Å². The van der Waals surface area contributed by atoms with Gasteiger partial charge in [-0.1, -0.05) is 23.9 Å². The summed E-state index contributed by atoms with van der Waals surface area (Å²) in [5.41, 5.74) is 0.0869. The molecule has 1 aromatic rings. The zero-order valence-corrected chi connectivity index (χ0v) is 18.6. The van der Waals surface area contributed by atoms with Gasteiger partial charge in [-0.3, -0.25) is 4.79 Å². The van der Waals surface area contributed by atoms with Gasteiger partial charge in [-0.2, -0.15) is 4.99 Å². The van der Waals surface area contributed by atoms with Gasteiger partial charge in [-0.25, -0.2) is 17.6 Å². The van der Waals surface area contributed by atoms with E-state index >= 15 is 0 Å². The van der Waals surface area contributed by atoms with Gasteiger partial charge in [0.15, 0.2) is 15.0 Å². The molecule has 0 bridgehead atoms. The predicted octanol–water partition coefficient (Wildman–Crippen LogP) is 1.95. The molecule has 0 aliphatic carbocycles. The summed E-state index contributed by atoms with van der Waals surface area (Å²) in [6.07, 6.45) is -0.721. The third-order valence-electron chi connectivity index (χ3n) is 4.44. The van der Waals surface area contributed by atoms with Crippen molar-refractivity contribution >= 4 is 38.8 Å². The number of rotatable bonds is 4. The van der Waals surface area contributed by atoms with Crippen molar-refractivity contribution in [2.45, 2.75) is 44.2 Å². The van der Waals surface area contributed by atoms with Crippen LogP contribution >= 0.6 is 11.8 Å². The lowest BCUT2D eigenvalue weighted by Crippen LogP contribution is -2.38. The number of hydrogen-bond donors (Lipinski definition) is 1. The van der Waals surface area contributed by atoms with Gasteiger partial charge in [-0.15, -0.1) is 0 Å². The largest absolute Gasteiger partial charge is 0.444 e. The Morgan fingerprint density at radius 3 is 2.57 bits per heavy atom. The van der Waals surface area contributed by atoms with Gasteiger partial charge in [0.25, 0.3) is 5.91 Å². The number of benzene rings is 1. The maximum Gasteiger partial charge on any atom is 0.408 e. The van der Waals surface area contributed by atoms with Crippen LogP contribution in [0.25, 0.3) is 0 Å². The Hall–Kier alpha value is -2.14. The first kappa shape index (κ1) is 22.5. The van der Waals surface area contributed by atoms with Crippen LogP contribution in [-0.2, 0) is 25.9 Å². The lowest BCUT2D eigenvalue weighted by molar-refractivity contribution is -0.117. The summed E-state index contributed by atoms with van der Waals surface area (Å²) in [6.45, 7) is 5.10. The Balaban J connectivity index is 1.72. The van der Waals surface area contributed by atoms with Crippen LogP contribution in [0.15, 0.2) is 29.3 Å². The van der Waals surface area contributed by atoms with Crippen LogP contribution in [0.2, 0.25) is 0 Å². The smallest absolute Gasteiger partial charge is 0.408 e. The minimum Gasteiger partial charge on any atom is -0.444 e. The van der Waals surface area contributed by atoms with Crippen LogP contribution < -0.4 is 5.32 Å². The van der Waals surface area contributed by atoms with E-state index in [1.54, 1.807) is 37.8 Å². The van der Waals surface area contributed by atoms with Gasteiger partial charge in [0, 0.05) is 11.8 Å². The summed E-state index contributed by atoms with van der Waals surface area (Å²) in [7, 11) is -3.16. The lowest BCUT2D eigenvalue weighted by Gasteiger charge is -2.24. The number of nitrogens with one attached hydrogen (secondary N) is 1. The van der Waals surface area contributed by atoms with E-state index in [2.05, 4.69) is 10.3 Å². The molecule has 0 aromatic heterocycles. The van der Waals surface area contributed by atoms with Crippen molar-refractivity contribution in [1.82, 2.24) is 10.2 Å². The normalized spacial score (nSPS) is 24.0. The highest BCUT2D eigenvalue weighted by atomic mass is 32.2. The van der Waals surface area contributed by atoms with Crippen LogP contribution in [0.4, 0.5) is 9.18 Å². The summed E-state index contributed by atoms with van der Waals surface area (Å²) < 4.78 is 42.4. The first-order valence-electron chi connectivity index (χ1n) is 9.38. The number of sulfone groups is 1. The Labute approximate surface area is 179 Å². The number of alkyl carbamates (subject to hydrolysis) is 1. The second-order valence-electron chi connectivity index (χ2n) is 8.20. The molecular weight excluding hydrogens is 433 g/mol. The average Bonchev–Trinajstić information content (AvgIpc) is 3.06. The molecule has 0 unspecified atom stereocenters. The van der Waals surface area contributed by atoms with E-state index in [1.807, 2.05) is 0 Å². The molecule has 0 spiro atoms. The first-order valence-corrected chi connectivity index (χ1v) is 12.1. The van der Waals surface area contributed by atoms with Crippen molar-refractivity contribution in [2.24, 2.45) is 4.99 Å². The zero-order valence-electron chi connectivity index (χ0n) is 16.9. The third-order valence-corrected chi connectivity index (χ3v) is 7.69. The van der Waals surface area contributed by atoms with Crippen LogP contribution in [-0.4, -0.2) is 65.4 Å². The highest BCUT2D eigenvalue weighted by molar-refractivity contribution is 8.15. The van der Waals surface area contributed by atoms with E-state index in [0.29, 0.717) is 11.7 Å². The van der Waals surface area contributed by atoms with E-state index in [-0.39, 0.29) is 35.2 Å². The van der Waals surface area contributed by atoms with Crippen LogP contribution in [0.5, 0.6) is 0 Å². The molecule has 3 rings (SSSR count). The van der Waals surface area contributed by atoms with Gasteiger partial charge in [0.05, 0.1) is 17.5 Å². The number of thioether (sulfide) groups is 1. The molecule has 0 radical (unpaired) electrons. The van der Waals surface area contributed by atoms with Gasteiger partial charge >= 0.3 is 6.09 Å². The number of fused-ring (bicyclic) bond motifs is 1. The fraction of sp³-hybridized carbons (Fsp3) is 0.526. The van der Waals surface area contributed by atoms with Gasteiger partial charge in [-0.05, 0) is 38.5 Å². The monoisotopic (exact) mass is 457 g/mol. The molecule has 0 saturated carbocycles. The van der Waals surface area contributed by atoms with Gasteiger partial charge in [0.1, 0.15) is 18.0 Å². The molecule has 2 amide bonds. The van der Waals surface area contributed by atoms with Crippen LogP contribution in [0, 0.1) is 5.82 Å². The van der Waals surface area contributed by atoms with E-state index in [1.165, 1.54) is 23.9 Å². The molecule has 11 heteroatoms. The fourth-order valence-electron chi connectivity index (χ4n) is 3.22. The molecule has 164 valence electrons. The number of aliphatic imine (C=N–C) groups is 1. The molecule has 2 heterocycles. The molecule has 30 heavy (non-hydrogen) atoms. The minimum atomic E-state index is -3.16. The van der Waals surface area contributed by atoms with Crippen molar-refractivity contribution in [3.05, 3.63) is 35.6 Å². The molecule has 1 N–H and O–H groups in total. The van der Waals surface area contributed by atoms with Crippen molar-refractivity contribution < 1.29 is 27.1 Å². The highest BCUT2D eigenvalue weighted by Gasteiger charge is 2.48. The SMILES string of the molecule is CC(C)(C)OC(=O)NCC(=O)N=C1S[C@H]2CS(=O)(=O)C[C@H]2N1Cc1ccc(F)cc1. The molecular formula is C19H24FN3O5S2. The number of amides is 2. The number of carbonyl (C=O) groups is 2.